The van der Waals surface area contributed by atoms with Gasteiger partial charge < -0.3 is 34.0 Å². The van der Waals surface area contributed by atoms with Crippen LogP contribution >= 0.6 is 68.8 Å². The van der Waals surface area contributed by atoms with E-state index in [0.29, 0.717) is 73.5 Å². The zero-order valence-corrected chi connectivity index (χ0v) is 36.8. The largest absolute Gasteiger partial charge is 0.388 e. The summed E-state index contributed by atoms with van der Waals surface area (Å²) in [5.74, 6) is 2.25. The van der Waals surface area contributed by atoms with Crippen molar-refractivity contribution < 1.29 is 24.1 Å². The number of rotatable bonds is 7. The normalized spacial score (nSPS) is 16.4. The van der Waals surface area contributed by atoms with E-state index in [2.05, 4.69) is 54.7 Å². The van der Waals surface area contributed by atoms with E-state index in [4.69, 9.17) is 49.0 Å². The lowest BCUT2D eigenvalue weighted by Crippen LogP contribution is -2.37. The van der Waals surface area contributed by atoms with Crippen molar-refractivity contribution in [3.05, 3.63) is 66.8 Å². The van der Waals surface area contributed by atoms with Crippen LogP contribution in [0.15, 0.2) is 30.3 Å². The molecule has 17 nitrogen and oxygen atoms in total. The topological polar surface area (TPSA) is 191 Å². The van der Waals surface area contributed by atoms with Crippen LogP contribution in [0.1, 0.15) is 31.5 Å². The molecule has 7 aromatic rings. The molecular weight excluding hydrogens is 895 g/mol. The smallest absolute Gasteiger partial charge is 0.225 e. The number of carbonyl (C=O) groups excluding carboxylic acids is 1. The summed E-state index contributed by atoms with van der Waals surface area (Å²) in [7, 11) is 0. The molecule has 3 aliphatic heterocycles. The standard InChI is InChI=1S/C17H17ClN4O2S.C10H9ClN4O2S.C10H11ClN4OS/c18-17-20-15(22-6-8-24-9-7-22)14-16(21-17)25-13(19-14)10-12(23)11-4-2-1-3-5-11;11-10-13-8(15-1-3-17-4-2-15)7-9(14-10)18-6(5-16)12-7;1-6-12-7-8(15-2-4-16-5-3-15)13-10(11)14-9(7)17-6/h1-5,12,23H,6-10H2;5H,1-4H2;2-5H2,1H3. The molecule has 1 unspecified atom stereocenters. The summed E-state index contributed by atoms with van der Waals surface area (Å²) in [4.78, 5) is 58.3. The maximum atomic E-state index is 10.8. The molecule has 1 N–H and O–H groups in total. The number of aliphatic hydroxyl groups is 1. The summed E-state index contributed by atoms with van der Waals surface area (Å²) in [6.07, 6.45) is 0.547. The van der Waals surface area contributed by atoms with E-state index in [1.54, 1.807) is 0 Å². The zero-order chi connectivity index (χ0) is 41.6. The summed E-state index contributed by atoms with van der Waals surface area (Å²) >= 11 is 22.2. The van der Waals surface area contributed by atoms with E-state index in [1.165, 1.54) is 34.0 Å². The van der Waals surface area contributed by atoms with Crippen molar-refractivity contribution in [1.29, 1.82) is 0 Å². The number of halogens is 3. The first-order valence-electron chi connectivity index (χ1n) is 18.9. The molecule has 0 amide bonds. The second-order valence-electron chi connectivity index (χ2n) is 13.3. The minimum atomic E-state index is -0.600. The van der Waals surface area contributed by atoms with Gasteiger partial charge in [-0.05, 0) is 47.3 Å². The molecule has 1 aromatic carbocycles. The highest BCUT2D eigenvalue weighted by molar-refractivity contribution is 7.19. The molecule has 6 aromatic heterocycles. The van der Waals surface area contributed by atoms with E-state index in [-0.39, 0.29) is 15.9 Å². The number of ether oxygens (including phenoxy) is 3. The van der Waals surface area contributed by atoms with Gasteiger partial charge in [0.15, 0.2) is 43.2 Å². The number of aldehydes is 1. The Labute approximate surface area is 370 Å². The number of thiazole rings is 3. The summed E-state index contributed by atoms with van der Waals surface area (Å²) < 4.78 is 16.0. The molecule has 3 saturated heterocycles. The van der Waals surface area contributed by atoms with Crippen LogP contribution in [-0.2, 0) is 20.6 Å². The van der Waals surface area contributed by atoms with Gasteiger partial charge in [0.25, 0.3) is 0 Å². The maximum absolute atomic E-state index is 10.8. The van der Waals surface area contributed by atoms with Crippen molar-refractivity contribution >= 4 is 124 Å². The highest BCUT2D eigenvalue weighted by Crippen LogP contribution is 2.33. The molecule has 9 heterocycles. The highest BCUT2D eigenvalue weighted by Gasteiger charge is 2.23. The molecule has 3 fully saturated rings. The van der Waals surface area contributed by atoms with Gasteiger partial charge in [-0.25, -0.2) is 29.9 Å². The van der Waals surface area contributed by atoms with Gasteiger partial charge in [0.05, 0.1) is 55.8 Å². The maximum Gasteiger partial charge on any atom is 0.225 e. The number of fused-ring (bicyclic) bond motifs is 3. The number of hydrogen-bond acceptors (Lipinski definition) is 20. The number of aryl methyl sites for hydroxylation is 1. The molecule has 0 bridgehead atoms. The molecule has 0 aliphatic carbocycles. The number of benzene rings is 1. The van der Waals surface area contributed by atoms with E-state index in [9.17, 15) is 9.90 Å². The number of morpholine rings is 3. The van der Waals surface area contributed by atoms with Gasteiger partial charge in [-0.1, -0.05) is 64.3 Å². The second-order valence-corrected chi connectivity index (χ2v) is 17.6. The lowest BCUT2D eigenvalue weighted by molar-refractivity contribution is 0.112. The van der Waals surface area contributed by atoms with Crippen LogP contribution < -0.4 is 14.7 Å². The van der Waals surface area contributed by atoms with Crippen LogP contribution in [0.2, 0.25) is 15.9 Å². The molecule has 314 valence electrons. The summed E-state index contributed by atoms with van der Waals surface area (Å²) in [5, 5.41) is 13.3. The van der Waals surface area contributed by atoms with Crippen molar-refractivity contribution in [1.82, 2.24) is 44.9 Å². The first kappa shape index (κ1) is 42.6. The van der Waals surface area contributed by atoms with Crippen molar-refractivity contribution in [2.24, 2.45) is 0 Å². The molecular formula is C37H37Cl3N12O5S3. The average Bonchev–Trinajstić information content (AvgIpc) is 4.00. The first-order chi connectivity index (χ1) is 29.2. The molecule has 0 radical (unpaired) electrons. The van der Waals surface area contributed by atoms with Gasteiger partial charge in [0.1, 0.15) is 16.6 Å². The fourth-order valence-electron chi connectivity index (χ4n) is 6.59. The Bertz CT molecular complexity index is 2570. The minimum absolute atomic E-state index is 0.171. The van der Waals surface area contributed by atoms with Crippen LogP contribution in [0, 0.1) is 6.92 Å². The molecule has 0 spiro atoms. The van der Waals surface area contributed by atoms with Crippen molar-refractivity contribution in [2.75, 3.05) is 93.6 Å². The Kier molecular flexibility index (Phi) is 14.0. The monoisotopic (exact) mass is 930 g/mol. The number of carbonyl (C=O) groups is 1. The minimum Gasteiger partial charge on any atom is -0.388 e. The Hall–Kier alpha value is -4.09. The second kappa shape index (κ2) is 19.7. The third-order valence-electron chi connectivity index (χ3n) is 9.39. The zero-order valence-electron chi connectivity index (χ0n) is 32.0. The lowest BCUT2D eigenvalue weighted by Gasteiger charge is -2.27. The fourth-order valence-corrected chi connectivity index (χ4v) is 9.74. The van der Waals surface area contributed by atoms with Gasteiger partial charge >= 0.3 is 0 Å². The predicted octanol–water partition coefficient (Wildman–Crippen LogP) is 6.13. The molecule has 10 rings (SSSR count). The third-order valence-corrected chi connectivity index (χ3v) is 12.6. The highest BCUT2D eigenvalue weighted by atomic mass is 35.5. The number of nitrogens with zero attached hydrogens (tertiary/aromatic N) is 12. The number of aliphatic hydroxyl groups excluding tert-OH is 1. The van der Waals surface area contributed by atoms with Crippen LogP contribution in [0.5, 0.6) is 0 Å². The van der Waals surface area contributed by atoms with Crippen LogP contribution in [0.25, 0.3) is 31.0 Å². The van der Waals surface area contributed by atoms with Gasteiger partial charge in [0, 0.05) is 45.7 Å². The molecule has 60 heavy (non-hydrogen) atoms. The van der Waals surface area contributed by atoms with Gasteiger partial charge in [0.2, 0.25) is 15.9 Å². The number of aromatic nitrogens is 9. The van der Waals surface area contributed by atoms with E-state index in [1.807, 2.05) is 42.2 Å². The van der Waals surface area contributed by atoms with Gasteiger partial charge in [-0.2, -0.15) is 15.0 Å². The average molecular weight is 932 g/mol. The van der Waals surface area contributed by atoms with Crippen molar-refractivity contribution in [3.63, 3.8) is 0 Å². The quantitative estimate of drug-likeness (QED) is 0.142. The van der Waals surface area contributed by atoms with E-state index in [0.717, 1.165) is 87.2 Å². The van der Waals surface area contributed by atoms with E-state index >= 15 is 0 Å². The Morgan fingerprint density at radius 2 is 1.05 bits per heavy atom. The molecule has 3 aliphatic rings. The van der Waals surface area contributed by atoms with Crippen LogP contribution in [0.3, 0.4) is 0 Å². The molecule has 1 atom stereocenters. The Morgan fingerprint density at radius 3 is 1.53 bits per heavy atom. The lowest BCUT2D eigenvalue weighted by atomic mass is 10.1. The summed E-state index contributed by atoms with van der Waals surface area (Å²) in [6, 6.07) is 9.58. The van der Waals surface area contributed by atoms with Gasteiger partial charge in [-0.15, -0.1) is 0 Å². The molecule has 23 heteroatoms. The summed E-state index contributed by atoms with van der Waals surface area (Å²) in [6.45, 7) is 10.6. The predicted molar refractivity (Wildman–Crippen MR) is 235 cm³/mol. The van der Waals surface area contributed by atoms with E-state index < -0.39 is 6.10 Å². The van der Waals surface area contributed by atoms with Crippen molar-refractivity contribution in [3.8, 4) is 0 Å². The van der Waals surface area contributed by atoms with Crippen molar-refractivity contribution in [2.45, 2.75) is 19.4 Å². The Morgan fingerprint density at radius 1 is 0.617 bits per heavy atom. The summed E-state index contributed by atoms with van der Waals surface area (Å²) in [5.41, 5.74) is 3.10. The Balaban J connectivity index is 0.000000128. The third kappa shape index (κ3) is 10.2. The number of anilines is 3. The fraction of sp³-hybridized carbons (Fsp3) is 0.405. The first-order valence-corrected chi connectivity index (χ1v) is 22.4. The van der Waals surface area contributed by atoms with Crippen LogP contribution in [-0.4, -0.2) is 135 Å². The number of hydrogen-bond donors (Lipinski definition) is 1. The molecule has 0 saturated carbocycles. The van der Waals surface area contributed by atoms with Gasteiger partial charge in [-0.3, -0.25) is 4.79 Å². The van der Waals surface area contributed by atoms with Crippen LogP contribution in [0.4, 0.5) is 17.5 Å². The SMILES string of the molecule is Cc1nc2c(N3CCOCC3)nc(Cl)nc2s1.O=Cc1nc2c(N3CCOCC3)nc(Cl)nc2s1.OC(Cc1nc2c(N3CCOCC3)nc(Cl)nc2s1)c1ccccc1.